The number of aromatic nitrogens is 3. The summed E-state index contributed by atoms with van der Waals surface area (Å²) in [5.74, 6) is 0.354. The van der Waals surface area contributed by atoms with E-state index in [1.165, 1.54) is 23.9 Å². The first-order valence-corrected chi connectivity index (χ1v) is 11.8. The van der Waals surface area contributed by atoms with Gasteiger partial charge < -0.3 is 10.1 Å². The van der Waals surface area contributed by atoms with E-state index in [9.17, 15) is 8.78 Å². The molecular weight excluding hydrogens is 468 g/mol. The lowest BCUT2D eigenvalue weighted by molar-refractivity contribution is 0.215. The minimum absolute atomic E-state index is 0.190. The summed E-state index contributed by atoms with van der Waals surface area (Å²) < 4.78 is 31.7. The van der Waals surface area contributed by atoms with Crippen LogP contribution in [0.25, 0.3) is 28.0 Å². The summed E-state index contributed by atoms with van der Waals surface area (Å²) >= 11 is 1.36. The van der Waals surface area contributed by atoms with E-state index in [1.807, 2.05) is 43.3 Å². The van der Waals surface area contributed by atoms with Crippen molar-refractivity contribution in [3.8, 4) is 11.4 Å². The number of hydrogen-bond donors (Lipinski definition) is 1. The van der Waals surface area contributed by atoms with Crippen LogP contribution in [0.5, 0.6) is 0 Å². The molecule has 2 aromatic carbocycles. The predicted octanol–water partition coefficient (Wildman–Crippen LogP) is 6.42. The summed E-state index contributed by atoms with van der Waals surface area (Å²) in [6, 6.07) is 14.8. The SMILES string of the molecule is C=N/C(=C\SCNc1nc(-c2cccnc2)nc2ccccc12)c1ccc(F)cc1F.CCOC. The van der Waals surface area contributed by atoms with Crippen molar-refractivity contribution in [2.24, 2.45) is 4.99 Å². The highest BCUT2D eigenvalue weighted by atomic mass is 32.2. The van der Waals surface area contributed by atoms with Gasteiger partial charge in [0.15, 0.2) is 5.82 Å². The number of anilines is 1. The van der Waals surface area contributed by atoms with Crippen LogP contribution in [0.2, 0.25) is 0 Å². The molecule has 180 valence electrons. The van der Waals surface area contributed by atoms with E-state index in [0.29, 0.717) is 23.2 Å². The van der Waals surface area contributed by atoms with Gasteiger partial charge in [-0.25, -0.2) is 18.7 Å². The van der Waals surface area contributed by atoms with E-state index in [1.54, 1.807) is 24.9 Å². The van der Waals surface area contributed by atoms with Crippen LogP contribution in [0.1, 0.15) is 12.5 Å². The van der Waals surface area contributed by atoms with Gasteiger partial charge in [0.05, 0.1) is 17.1 Å². The average molecular weight is 494 g/mol. The van der Waals surface area contributed by atoms with Crippen LogP contribution in [0.4, 0.5) is 14.6 Å². The number of thioether (sulfide) groups is 1. The van der Waals surface area contributed by atoms with Crippen molar-refractivity contribution < 1.29 is 13.5 Å². The van der Waals surface area contributed by atoms with E-state index in [0.717, 1.165) is 29.1 Å². The van der Waals surface area contributed by atoms with E-state index >= 15 is 0 Å². The van der Waals surface area contributed by atoms with Crippen molar-refractivity contribution in [3.05, 3.63) is 89.6 Å². The fourth-order valence-electron chi connectivity index (χ4n) is 2.95. The maximum Gasteiger partial charge on any atom is 0.163 e. The highest BCUT2D eigenvalue weighted by Gasteiger charge is 2.10. The summed E-state index contributed by atoms with van der Waals surface area (Å²) in [6.45, 7) is 6.26. The first-order valence-electron chi connectivity index (χ1n) is 10.7. The lowest BCUT2D eigenvalue weighted by atomic mass is 10.1. The number of nitrogens with one attached hydrogen (secondary N) is 1. The zero-order valence-electron chi connectivity index (χ0n) is 19.4. The van der Waals surface area contributed by atoms with Gasteiger partial charge in [0.2, 0.25) is 0 Å². The van der Waals surface area contributed by atoms with E-state index in [2.05, 4.69) is 36.7 Å². The maximum atomic E-state index is 14.0. The van der Waals surface area contributed by atoms with Gasteiger partial charge in [0, 0.05) is 48.7 Å². The number of rotatable bonds is 8. The van der Waals surface area contributed by atoms with Crippen LogP contribution in [0.3, 0.4) is 0 Å². The summed E-state index contributed by atoms with van der Waals surface area (Å²) in [5.41, 5.74) is 2.14. The molecule has 0 saturated carbocycles. The zero-order valence-corrected chi connectivity index (χ0v) is 20.2. The molecule has 0 spiro atoms. The van der Waals surface area contributed by atoms with Crippen LogP contribution in [-0.4, -0.2) is 41.3 Å². The molecule has 4 aromatic rings. The molecule has 0 aliphatic heterocycles. The molecule has 0 aliphatic carbocycles. The number of benzene rings is 2. The van der Waals surface area contributed by atoms with Crippen molar-refractivity contribution >= 4 is 40.9 Å². The molecule has 0 atom stereocenters. The molecule has 6 nitrogen and oxygen atoms in total. The van der Waals surface area contributed by atoms with E-state index < -0.39 is 11.6 Å². The molecule has 2 heterocycles. The fraction of sp³-hybridized carbons (Fsp3) is 0.154. The third-order valence-corrected chi connectivity index (χ3v) is 5.41. The van der Waals surface area contributed by atoms with Crippen molar-refractivity contribution in [2.45, 2.75) is 6.92 Å². The molecule has 0 bridgehead atoms. The number of halogens is 2. The Kier molecular flexibility index (Phi) is 9.82. The van der Waals surface area contributed by atoms with Crippen molar-refractivity contribution in [2.75, 3.05) is 24.9 Å². The number of pyridine rings is 1. The normalized spacial score (nSPS) is 11.0. The summed E-state index contributed by atoms with van der Waals surface area (Å²) in [5, 5.41) is 5.83. The Balaban J connectivity index is 0.000000795. The molecule has 0 radical (unpaired) electrons. The maximum absolute atomic E-state index is 14.0. The standard InChI is InChI=1S/C23H17F2N5S.C3H8O/c1-26-21(17-9-8-16(24)11-19(17)25)13-31-14-28-23-18-6-2-3-7-20(18)29-22(30-23)15-5-4-10-27-12-15;1-3-4-2/h2-13H,1,14H2,(H,28,29,30);3H2,1-2H3/b21-13-;. The third-order valence-electron chi connectivity index (χ3n) is 4.71. The molecule has 35 heavy (non-hydrogen) atoms. The second-order valence-electron chi connectivity index (χ2n) is 7.01. The molecular formula is C26H25F2N5OS. The molecule has 0 saturated heterocycles. The van der Waals surface area contributed by atoms with E-state index in [4.69, 9.17) is 0 Å². The number of fused-ring (bicyclic) bond motifs is 1. The second-order valence-corrected chi connectivity index (χ2v) is 7.86. The Morgan fingerprint density at radius 3 is 2.63 bits per heavy atom. The van der Waals surface area contributed by atoms with Crippen LogP contribution in [0.15, 0.2) is 77.4 Å². The highest BCUT2D eigenvalue weighted by Crippen LogP contribution is 2.26. The molecule has 0 amide bonds. The van der Waals surface area contributed by atoms with Crippen molar-refractivity contribution in [1.82, 2.24) is 15.0 Å². The summed E-state index contributed by atoms with van der Waals surface area (Å²) in [6.07, 6.45) is 3.41. The lowest BCUT2D eigenvalue weighted by Gasteiger charge is -2.10. The minimum atomic E-state index is -0.685. The van der Waals surface area contributed by atoms with Crippen molar-refractivity contribution in [3.63, 3.8) is 0 Å². The Bertz CT molecular complexity index is 1300. The Morgan fingerprint density at radius 1 is 1.14 bits per heavy atom. The molecule has 1 N–H and O–H groups in total. The molecule has 0 fully saturated rings. The fourth-order valence-corrected chi connectivity index (χ4v) is 3.61. The second kappa shape index (κ2) is 13.3. The number of ether oxygens (including phenoxy) is 1. The molecule has 9 heteroatoms. The number of methoxy groups -OCH3 is 1. The van der Waals surface area contributed by atoms with Crippen LogP contribution in [-0.2, 0) is 4.74 Å². The van der Waals surface area contributed by atoms with Gasteiger partial charge in [-0.15, -0.1) is 11.8 Å². The van der Waals surface area contributed by atoms with Crippen LogP contribution in [0, 0.1) is 11.6 Å². The van der Waals surface area contributed by atoms with E-state index in [-0.39, 0.29) is 5.56 Å². The van der Waals surface area contributed by atoms with Gasteiger partial charge in [0.1, 0.15) is 17.5 Å². The quantitative estimate of drug-likeness (QED) is 0.173. The minimum Gasteiger partial charge on any atom is -0.385 e. The third kappa shape index (κ3) is 7.14. The van der Waals surface area contributed by atoms with Crippen LogP contribution >= 0.6 is 11.8 Å². The van der Waals surface area contributed by atoms with Crippen molar-refractivity contribution in [1.29, 1.82) is 0 Å². The van der Waals surface area contributed by atoms with Crippen LogP contribution < -0.4 is 5.32 Å². The monoisotopic (exact) mass is 493 g/mol. The molecule has 2 aromatic heterocycles. The van der Waals surface area contributed by atoms with Gasteiger partial charge in [-0.05, 0) is 55.4 Å². The molecule has 0 unspecified atom stereocenters. The van der Waals surface area contributed by atoms with Gasteiger partial charge >= 0.3 is 0 Å². The smallest absolute Gasteiger partial charge is 0.163 e. The molecule has 0 aliphatic rings. The number of aliphatic imine (C=N–C) groups is 1. The van der Waals surface area contributed by atoms with Gasteiger partial charge in [-0.2, -0.15) is 0 Å². The van der Waals surface area contributed by atoms with Gasteiger partial charge in [-0.3, -0.25) is 9.98 Å². The van der Waals surface area contributed by atoms with Gasteiger partial charge in [-0.1, -0.05) is 12.1 Å². The number of para-hydroxylation sites is 1. The Labute approximate surface area is 207 Å². The Morgan fingerprint density at radius 2 is 1.94 bits per heavy atom. The average Bonchev–Trinajstić information content (AvgIpc) is 2.89. The first kappa shape index (κ1) is 25.9. The first-order chi connectivity index (χ1) is 17.1. The Hall–Kier alpha value is -3.69. The van der Waals surface area contributed by atoms with Gasteiger partial charge in [0.25, 0.3) is 0 Å². The summed E-state index contributed by atoms with van der Waals surface area (Å²) in [7, 11) is 1.68. The molecule has 4 rings (SSSR count). The number of nitrogens with zero attached hydrogens (tertiary/aromatic N) is 4. The highest BCUT2D eigenvalue weighted by molar-refractivity contribution is 8.02. The number of hydrogen-bond acceptors (Lipinski definition) is 7. The topological polar surface area (TPSA) is 72.3 Å². The predicted molar refractivity (Wildman–Crippen MR) is 140 cm³/mol. The summed E-state index contributed by atoms with van der Waals surface area (Å²) in [4.78, 5) is 17.3. The zero-order chi connectivity index (χ0) is 25.0. The lowest BCUT2D eigenvalue weighted by Crippen LogP contribution is -2.03. The largest absolute Gasteiger partial charge is 0.385 e.